The second-order valence-electron chi connectivity index (χ2n) is 19.1. The first-order valence-corrected chi connectivity index (χ1v) is 24.4. The van der Waals surface area contributed by atoms with E-state index in [1.54, 1.807) is 0 Å². The van der Waals surface area contributed by atoms with Crippen LogP contribution in [0.2, 0.25) is 0 Å². The summed E-state index contributed by atoms with van der Waals surface area (Å²) in [7, 11) is 0. The molecule has 3 aliphatic rings. The van der Waals surface area contributed by atoms with Gasteiger partial charge in [0.25, 0.3) is 0 Å². The lowest BCUT2D eigenvalue weighted by Gasteiger charge is -2.39. The van der Waals surface area contributed by atoms with Crippen LogP contribution in [0.15, 0.2) is 267 Å². The van der Waals surface area contributed by atoms with Gasteiger partial charge in [0, 0.05) is 27.8 Å². The van der Waals surface area contributed by atoms with Crippen molar-refractivity contribution in [1.29, 1.82) is 0 Å². The molecule has 0 saturated carbocycles. The molecule has 1 aliphatic heterocycles. The summed E-state index contributed by atoms with van der Waals surface area (Å²) < 4.78 is 2.52. The van der Waals surface area contributed by atoms with Crippen LogP contribution in [0.25, 0.3) is 60.9 Å². The Morgan fingerprint density at radius 1 is 0.286 bits per heavy atom. The Kier molecular flexibility index (Phi) is 8.24. The summed E-state index contributed by atoms with van der Waals surface area (Å²) >= 11 is 0. The van der Waals surface area contributed by atoms with Crippen LogP contribution in [-0.2, 0) is 10.8 Å². The second-order valence-corrected chi connectivity index (χ2v) is 19.1. The minimum atomic E-state index is -0.506. The van der Waals surface area contributed by atoms with Gasteiger partial charge in [-0.25, -0.2) is 0 Å². The molecule has 2 aliphatic carbocycles. The first-order chi connectivity index (χ1) is 34.7. The molecule has 2 heteroatoms. The number of nitrogens with zero attached hydrogens (tertiary/aromatic N) is 2. The Bertz CT molecular complexity index is 4010. The smallest absolute Gasteiger partial charge is 0.0754 e. The van der Waals surface area contributed by atoms with Gasteiger partial charge in [-0.05, 0) is 132 Å². The summed E-state index contributed by atoms with van der Waals surface area (Å²) in [5, 5.41) is 2.58. The summed E-state index contributed by atoms with van der Waals surface area (Å²) in [4.78, 5) is 2.42. The van der Waals surface area contributed by atoms with Gasteiger partial charge in [-0.1, -0.05) is 212 Å². The Morgan fingerprint density at radius 3 is 1.49 bits per heavy atom. The normalized spacial score (nSPS) is 15.3. The van der Waals surface area contributed by atoms with Crippen LogP contribution in [0.5, 0.6) is 0 Å². The Labute approximate surface area is 407 Å². The molecule has 0 amide bonds. The number of hydrogen-bond donors (Lipinski definition) is 0. The van der Waals surface area contributed by atoms with Crippen LogP contribution >= 0.6 is 0 Å². The minimum Gasteiger partial charge on any atom is -0.310 e. The fourth-order valence-electron chi connectivity index (χ4n) is 13.1. The molecule has 70 heavy (non-hydrogen) atoms. The van der Waals surface area contributed by atoms with Crippen LogP contribution in [0.3, 0.4) is 0 Å². The van der Waals surface area contributed by atoms with E-state index >= 15 is 0 Å². The first kappa shape index (κ1) is 39.1. The van der Waals surface area contributed by atoms with Gasteiger partial charge >= 0.3 is 0 Å². The van der Waals surface area contributed by atoms with Gasteiger partial charge in [0.1, 0.15) is 0 Å². The number of aromatic nitrogens is 1. The number of hydrogen-bond acceptors (Lipinski definition) is 1. The molecular formula is C68H44N2. The van der Waals surface area contributed by atoms with E-state index in [-0.39, 0.29) is 0 Å². The van der Waals surface area contributed by atoms with Gasteiger partial charge in [-0.2, -0.15) is 0 Å². The third-order valence-corrected chi connectivity index (χ3v) is 15.9. The van der Waals surface area contributed by atoms with Gasteiger partial charge < -0.3 is 9.47 Å². The van der Waals surface area contributed by atoms with Crippen molar-refractivity contribution in [2.75, 3.05) is 4.90 Å². The van der Waals surface area contributed by atoms with E-state index in [2.05, 4.69) is 276 Å². The molecule has 0 bridgehead atoms. The van der Waals surface area contributed by atoms with Gasteiger partial charge in [0.05, 0.1) is 27.6 Å². The van der Waals surface area contributed by atoms with Gasteiger partial charge in [-0.3, -0.25) is 0 Å². The lowest BCUT2D eigenvalue weighted by molar-refractivity contribution is 0.749. The SMILES string of the molecule is c1ccc(N(c2ccc(-c3ccc4c(c3)C3(c5ccccc5-4)c4ccccc4-n4c5ccccc5c5cccc3c54)cc2)c2ccc3c(c2)C(c2ccccc2)(c2ccccc2)c2ccccc2-3)cc1. The molecule has 1 spiro atoms. The third kappa shape index (κ3) is 5.12. The zero-order valence-electron chi connectivity index (χ0n) is 38.3. The molecule has 11 aromatic carbocycles. The standard InChI is InChI=1S/C68H44N2/c1-4-19-47(20-5-1)67(48-21-6-2-7-22-48)58-29-13-10-25-52(58)55-42-40-51(44-63(55)67)69(49-23-8-3-9-24-49)50-38-35-45(36-39-50)46-37-41-54-53-26-11-14-30-59(53)68(62(54)43-46)60-31-15-17-34-65(60)70-64-33-16-12-27-56(64)57-28-18-32-61(68)66(57)70/h1-44H. The second kappa shape index (κ2) is 14.8. The van der Waals surface area contributed by atoms with Crippen molar-refractivity contribution in [3.8, 4) is 39.1 Å². The zero-order chi connectivity index (χ0) is 46.0. The summed E-state index contributed by atoms with van der Waals surface area (Å²) in [5.41, 5.74) is 24.1. The summed E-state index contributed by atoms with van der Waals surface area (Å²) in [5.74, 6) is 0. The molecule has 0 N–H and O–H groups in total. The Hall–Kier alpha value is -8.98. The first-order valence-electron chi connectivity index (χ1n) is 24.4. The largest absolute Gasteiger partial charge is 0.310 e. The Balaban J connectivity index is 0.898. The number of para-hydroxylation sites is 4. The van der Waals surface area contributed by atoms with Gasteiger partial charge in [-0.15, -0.1) is 0 Å². The molecule has 0 radical (unpaired) electrons. The van der Waals surface area contributed by atoms with Crippen LogP contribution in [-0.4, -0.2) is 4.57 Å². The minimum absolute atomic E-state index is 0.498. The van der Waals surface area contributed by atoms with Crippen molar-refractivity contribution < 1.29 is 0 Å². The van der Waals surface area contributed by atoms with E-state index in [0.717, 1.165) is 17.1 Å². The molecule has 1 unspecified atom stereocenters. The number of rotatable bonds is 6. The predicted molar refractivity (Wildman–Crippen MR) is 289 cm³/mol. The van der Waals surface area contributed by atoms with Crippen LogP contribution in [0.4, 0.5) is 17.1 Å². The van der Waals surface area contributed by atoms with Crippen molar-refractivity contribution in [3.63, 3.8) is 0 Å². The fraction of sp³-hybridized carbons (Fsp3) is 0.0294. The fourth-order valence-corrected chi connectivity index (χ4v) is 13.1. The van der Waals surface area contributed by atoms with Gasteiger partial charge in [0.15, 0.2) is 0 Å². The highest BCUT2D eigenvalue weighted by Gasteiger charge is 2.51. The maximum Gasteiger partial charge on any atom is 0.0754 e. The lowest BCUT2D eigenvalue weighted by atomic mass is 9.65. The van der Waals surface area contributed by atoms with Crippen molar-refractivity contribution in [1.82, 2.24) is 4.57 Å². The predicted octanol–water partition coefficient (Wildman–Crippen LogP) is 17.0. The lowest BCUT2D eigenvalue weighted by Crippen LogP contribution is -2.33. The quantitative estimate of drug-likeness (QED) is 0.161. The highest BCUT2D eigenvalue weighted by atomic mass is 15.1. The number of anilines is 3. The summed E-state index contributed by atoms with van der Waals surface area (Å²) in [6.45, 7) is 0. The van der Waals surface area contributed by atoms with Crippen LogP contribution in [0, 0.1) is 0 Å². The van der Waals surface area contributed by atoms with Crippen LogP contribution < -0.4 is 4.90 Å². The topological polar surface area (TPSA) is 8.17 Å². The molecule has 0 saturated heterocycles. The average Bonchev–Trinajstić information content (AvgIpc) is 4.04. The zero-order valence-corrected chi connectivity index (χ0v) is 38.3. The maximum absolute atomic E-state index is 2.52. The van der Waals surface area contributed by atoms with E-state index in [1.807, 2.05) is 0 Å². The number of fused-ring (bicyclic) bond motifs is 15. The van der Waals surface area contributed by atoms with E-state index in [4.69, 9.17) is 0 Å². The molecule has 1 aromatic heterocycles. The summed E-state index contributed by atoms with van der Waals surface area (Å²) in [6.07, 6.45) is 0. The molecule has 15 rings (SSSR count). The molecule has 1 atom stereocenters. The number of benzene rings is 11. The van der Waals surface area contributed by atoms with E-state index in [1.165, 1.54) is 105 Å². The van der Waals surface area contributed by atoms with Crippen molar-refractivity contribution in [2.24, 2.45) is 0 Å². The van der Waals surface area contributed by atoms with Gasteiger partial charge in [0.2, 0.25) is 0 Å². The van der Waals surface area contributed by atoms with E-state index < -0.39 is 10.8 Å². The molecule has 326 valence electrons. The maximum atomic E-state index is 2.52. The average molecular weight is 889 g/mol. The molecular weight excluding hydrogens is 845 g/mol. The molecule has 12 aromatic rings. The monoisotopic (exact) mass is 888 g/mol. The summed E-state index contributed by atoms with van der Waals surface area (Å²) in [6, 6.07) is 99.6. The van der Waals surface area contributed by atoms with E-state index in [0.29, 0.717) is 0 Å². The molecule has 2 heterocycles. The highest BCUT2D eigenvalue weighted by Crippen LogP contribution is 2.62. The van der Waals surface area contributed by atoms with Crippen molar-refractivity contribution in [3.05, 3.63) is 311 Å². The Morgan fingerprint density at radius 2 is 0.771 bits per heavy atom. The van der Waals surface area contributed by atoms with Crippen LogP contribution in [0.1, 0.15) is 44.5 Å². The van der Waals surface area contributed by atoms with Crippen molar-refractivity contribution in [2.45, 2.75) is 10.8 Å². The van der Waals surface area contributed by atoms with E-state index in [9.17, 15) is 0 Å². The highest BCUT2D eigenvalue weighted by molar-refractivity contribution is 6.13. The molecule has 0 fully saturated rings. The molecule has 2 nitrogen and oxygen atoms in total. The van der Waals surface area contributed by atoms with Crippen molar-refractivity contribution >= 4 is 38.9 Å². The third-order valence-electron chi connectivity index (χ3n) is 15.9.